The first-order valence-corrected chi connectivity index (χ1v) is 16.2. The van der Waals surface area contributed by atoms with Crippen molar-refractivity contribution in [2.75, 3.05) is 39.3 Å². The largest absolute Gasteiger partial charge is 0.475 e. The van der Waals surface area contributed by atoms with Gasteiger partial charge in [0.2, 0.25) is 11.8 Å². The molecule has 0 bridgehead atoms. The molecule has 3 atom stereocenters. The smallest absolute Gasteiger partial charge is 0.246 e. The monoisotopic (exact) mass is 578 g/mol. The van der Waals surface area contributed by atoms with Crippen LogP contribution in [0.2, 0.25) is 0 Å². The Kier molecular flexibility index (Phi) is 7.46. The summed E-state index contributed by atoms with van der Waals surface area (Å²) in [4.78, 5) is 29.5. The number of allylic oxidation sites excluding steroid dienone is 1. The first-order valence-electron chi connectivity index (χ1n) is 16.2. The maximum absolute atomic E-state index is 12.4. The van der Waals surface area contributed by atoms with Crippen molar-refractivity contribution in [1.82, 2.24) is 14.7 Å². The lowest BCUT2D eigenvalue weighted by molar-refractivity contribution is -0.128. The number of dihydropyridines is 2. The fourth-order valence-electron chi connectivity index (χ4n) is 8.40. The third kappa shape index (κ3) is 4.92. The molecule has 0 radical (unpaired) electrons. The number of ether oxygens (including phenoxy) is 1. The summed E-state index contributed by atoms with van der Waals surface area (Å²) in [5, 5.41) is 10.6. The number of amides is 1. The number of hydrogen-bond donors (Lipinski definition) is 0. The number of aryl methyl sites for hydroxylation is 1. The molecular weight excluding hydrogens is 536 g/mol. The Balaban J connectivity index is 1.25. The van der Waals surface area contributed by atoms with Crippen LogP contribution in [0.3, 0.4) is 0 Å². The van der Waals surface area contributed by atoms with E-state index in [-0.39, 0.29) is 23.4 Å². The van der Waals surface area contributed by atoms with Gasteiger partial charge in [-0.05, 0) is 94.7 Å². The van der Waals surface area contributed by atoms with E-state index >= 15 is 0 Å². The summed E-state index contributed by atoms with van der Waals surface area (Å²) in [7, 11) is 0. The van der Waals surface area contributed by atoms with Crippen molar-refractivity contribution in [2.24, 2.45) is 15.9 Å². The average Bonchev–Trinajstić information content (AvgIpc) is 3.63. The van der Waals surface area contributed by atoms with Crippen LogP contribution in [0.4, 0.5) is 0 Å². The van der Waals surface area contributed by atoms with Gasteiger partial charge in [0.25, 0.3) is 0 Å². The Labute approximate surface area is 255 Å². The Hall–Kier alpha value is -3.70. The first kappa shape index (κ1) is 28.1. The number of rotatable bonds is 5. The summed E-state index contributed by atoms with van der Waals surface area (Å²) in [6.07, 6.45) is 14.6. The first-order chi connectivity index (χ1) is 21.0. The summed E-state index contributed by atoms with van der Waals surface area (Å²) in [6, 6.07) is 9.13. The molecule has 1 aromatic rings. The number of fused-ring (bicyclic) bond motifs is 3. The van der Waals surface area contributed by atoms with Gasteiger partial charge in [0.15, 0.2) is 6.17 Å². The molecule has 0 spiro atoms. The van der Waals surface area contributed by atoms with E-state index in [0.717, 1.165) is 50.2 Å². The predicted octanol–water partition coefficient (Wildman–Crippen LogP) is 4.42. The number of nitrogens with zero attached hydrogens (tertiary/aromatic N) is 6. The molecule has 5 heterocycles. The SMILES string of the molecule is C=CC(=O)N1CCN(C2=C(C#N)C(OCC34CCCN3CCC4)=NC3N=C(c4cccc5c4CCCC5)C=CC23)[C@@H](C)C1. The highest BCUT2D eigenvalue weighted by atomic mass is 16.5. The highest BCUT2D eigenvalue weighted by Gasteiger charge is 2.46. The fraction of sp³-hybridized carbons (Fsp3) is 0.543. The molecule has 8 heteroatoms. The molecule has 43 heavy (non-hydrogen) atoms. The van der Waals surface area contributed by atoms with Crippen molar-refractivity contribution in [2.45, 2.75) is 76.0 Å². The van der Waals surface area contributed by atoms with E-state index in [0.29, 0.717) is 37.7 Å². The second-order valence-electron chi connectivity index (χ2n) is 13.0. The average molecular weight is 579 g/mol. The van der Waals surface area contributed by atoms with Crippen LogP contribution in [0.25, 0.3) is 0 Å². The third-order valence-corrected chi connectivity index (χ3v) is 10.6. The minimum Gasteiger partial charge on any atom is -0.475 e. The summed E-state index contributed by atoms with van der Waals surface area (Å²) in [6.45, 7) is 10.4. The van der Waals surface area contributed by atoms with Crippen molar-refractivity contribution in [3.8, 4) is 6.07 Å². The van der Waals surface area contributed by atoms with E-state index in [1.165, 1.54) is 48.4 Å². The van der Waals surface area contributed by atoms with Gasteiger partial charge in [0.1, 0.15) is 18.2 Å². The van der Waals surface area contributed by atoms with Gasteiger partial charge < -0.3 is 14.5 Å². The van der Waals surface area contributed by atoms with Gasteiger partial charge in [-0.25, -0.2) is 4.99 Å². The number of carbonyl (C=O) groups excluding carboxylic acids is 1. The summed E-state index contributed by atoms with van der Waals surface area (Å²) in [5.74, 6) is 0.210. The molecule has 3 saturated heterocycles. The van der Waals surface area contributed by atoms with Crippen LogP contribution >= 0.6 is 0 Å². The summed E-state index contributed by atoms with van der Waals surface area (Å²) < 4.78 is 6.62. The molecular formula is C35H42N6O2. The Morgan fingerprint density at radius 1 is 1.14 bits per heavy atom. The highest BCUT2D eigenvalue weighted by Crippen LogP contribution is 2.41. The lowest BCUT2D eigenvalue weighted by Gasteiger charge is -2.45. The van der Waals surface area contributed by atoms with Crippen LogP contribution in [0.5, 0.6) is 0 Å². The van der Waals surface area contributed by atoms with Crippen LogP contribution in [-0.4, -0.2) is 89.3 Å². The van der Waals surface area contributed by atoms with Gasteiger partial charge in [0.05, 0.1) is 17.2 Å². The lowest BCUT2D eigenvalue weighted by Crippen LogP contribution is -2.55. The van der Waals surface area contributed by atoms with E-state index < -0.39 is 6.17 Å². The van der Waals surface area contributed by atoms with Crippen LogP contribution in [0.1, 0.15) is 62.1 Å². The summed E-state index contributed by atoms with van der Waals surface area (Å²) >= 11 is 0. The fourth-order valence-corrected chi connectivity index (χ4v) is 8.40. The molecule has 0 aromatic heterocycles. The Morgan fingerprint density at radius 3 is 2.72 bits per heavy atom. The molecule has 3 fully saturated rings. The third-order valence-electron chi connectivity index (χ3n) is 10.6. The molecule has 224 valence electrons. The molecule has 0 saturated carbocycles. The molecule has 0 N–H and O–H groups in total. The molecule has 5 aliphatic heterocycles. The van der Waals surface area contributed by atoms with Crippen molar-refractivity contribution in [3.63, 3.8) is 0 Å². The van der Waals surface area contributed by atoms with Gasteiger partial charge in [-0.3, -0.25) is 14.7 Å². The van der Waals surface area contributed by atoms with Gasteiger partial charge in [-0.15, -0.1) is 0 Å². The second kappa shape index (κ2) is 11.4. The van der Waals surface area contributed by atoms with E-state index in [2.05, 4.69) is 59.7 Å². The minimum absolute atomic E-state index is 0.0228. The van der Waals surface area contributed by atoms with Crippen LogP contribution in [0.15, 0.2) is 64.3 Å². The van der Waals surface area contributed by atoms with Gasteiger partial charge in [0, 0.05) is 36.9 Å². The number of aliphatic imine (C=N–C) groups is 2. The lowest BCUT2D eigenvalue weighted by atomic mass is 9.84. The van der Waals surface area contributed by atoms with Gasteiger partial charge in [-0.2, -0.15) is 5.26 Å². The maximum Gasteiger partial charge on any atom is 0.246 e. The molecule has 1 aromatic carbocycles. The van der Waals surface area contributed by atoms with Crippen molar-refractivity contribution in [1.29, 1.82) is 5.26 Å². The number of benzene rings is 1. The molecule has 1 aliphatic carbocycles. The summed E-state index contributed by atoms with van der Waals surface area (Å²) in [5.41, 5.74) is 6.51. The molecule has 1 amide bonds. The second-order valence-corrected chi connectivity index (χ2v) is 13.0. The Bertz CT molecular complexity index is 1470. The zero-order chi connectivity index (χ0) is 29.6. The number of hydrogen-bond acceptors (Lipinski definition) is 7. The van der Waals surface area contributed by atoms with Gasteiger partial charge in [-0.1, -0.05) is 30.9 Å². The highest BCUT2D eigenvalue weighted by molar-refractivity contribution is 6.11. The normalized spacial score (nSPS) is 28.0. The van der Waals surface area contributed by atoms with E-state index in [1.54, 1.807) is 0 Å². The number of carbonyl (C=O) groups is 1. The minimum atomic E-state index is -0.401. The van der Waals surface area contributed by atoms with E-state index in [1.807, 2.05) is 4.90 Å². The molecule has 7 rings (SSSR count). The number of nitriles is 1. The zero-order valence-corrected chi connectivity index (χ0v) is 25.3. The van der Waals surface area contributed by atoms with Crippen molar-refractivity contribution in [3.05, 3.63) is 71.0 Å². The van der Waals surface area contributed by atoms with Crippen LogP contribution in [0, 0.1) is 17.2 Å². The maximum atomic E-state index is 12.4. The van der Waals surface area contributed by atoms with Crippen LogP contribution < -0.4 is 0 Å². The molecule has 8 nitrogen and oxygen atoms in total. The Morgan fingerprint density at radius 2 is 1.95 bits per heavy atom. The van der Waals surface area contributed by atoms with Gasteiger partial charge >= 0.3 is 0 Å². The van der Waals surface area contributed by atoms with Crippen molar-refractivity contribution >= 4 is 17.5 Å². The molecule has 2 unspecified atom stereocenters. The zero-order valence-electron chi connectivity index (χ0n) is 25.3. The molecule has 6 aliphatic rings. The predicted molar refractivity (Wildman–Crippen MR) is 168 cm³/mol. The number of piperazine rings is 1. The topological polar surface area (TPSA) is 84.5 Å². The van der Waals surface area contributed by atoms with Crippen LogP contribution in [-0.2, 0) is 22.4 Å². The van der Waals surface area contributed by atoms with Crippen molar-refractivity contribution < 1.29 is 9.53 Å². The van der Waals surface area contributed by atoms with E-state index in [9.17, 15) is 10.1 Å². The standard InChI is InChI=1S/C35H42N6O2/c1-3-31(42)39-19-20-41(24(2)22-39)32-28-13-14-30(27-12-6-10-25-9-4-5-11-26(25)27)37-33(28)38-34(29(32)21-36)43-23-35-15-7-17-40(35)18-8-16-35/h3,6,10,12-14,24,28,33H,1,4-5,7-9,11,15-20,22-23H2,2H3/t24-,28?,33?/m0/s1. The quantitative estimate of drug-likeness (QED) is 0.483. The van der Waals surface area contributed by atoms with E-state index in [4.69, 9.17) is 14.7 Å².